The van der Waals surface area contributed by atoms with Gasteiger partial charge in [0.2, 0.25) is 5.91 Å². The minimum atomic E-state index is -0.309. The van der Waals surface area contributed by atoms with Gasteiger partial charge in [-0.2, -0.15) is 0 Å². The van der Waals surface area contributed by atoms with Gasteiger partial charge in [-0.3, -0.25) is 4.79 Å². The summed E-state index contributed by atoms with van der Waals surface area (Å²) in [6.45, 7) is 2.93. The number of hydrogen-bond donors (Lipinski definition) is 1. The van der Waals surface area contributed by atoms with E-state index in [0.717, 1.165) is 50.4 Å². The Bertz CT molecular complexity index is 728. The molecule has 2 aliphatic heterocycles. The number of hydrogen-bond acceptors (Lipinski definition) is 3. The zero-order valence-corrected chi connectivity index (χ0v) is 13.5. The zero-order valence-electron chi connectivity index (χ0n) is 13.5. The molecule has 120 valence electrons. The van der Waals surface area contributed by atoms with E-state index >= 15 is 0 Å². The number of carbonyl (C=O) groups is 1. The highest BCUT2D eigenvalue weighted by Gasteiger charge is 2.48. The van der Waals surface area contributed by atoms with Crippen molar-refractivity contribution >= 4 is 11.6 Å². The molecule has 1 aromatic heterocycles. The van der Waals surface area contributed by atoms with Crippen molar-refractivity contribution in [2.24, 2.45) is 7.05 Å². The zero-order chi connectivity index (χ0) is 15.9. The van der Waals surface area contributed by atoms with E-state index < -0.39 is 0 Å². The lowest BCUT2D eigenvalue weighted by Crippen LogP contribution is -2.46. The van der Waals surface area contributed by atoms with Crippen LogP contribution in [0, 0.1) is 0 Å². The normalized spacial score (nSPS) is 19.8. The molecule has 5 nitrogen and oxygen atoms in total. The molecule has 1 amide bonds. The number of fused-ring (bicyclic) bond motifs is 2. The first-order chi connectivity index (χ1) is 11.2. The van der Waals surface area contributed by atoms with Gasteiger partial charge in [-0.1, -0.05) is 18.2 Å². The molecule has 23 heavy (non-hydrogen) atoms. The third kappa shape index (κ3) is 2.36. The summed E-state index contributed by atoms with van der Waals surface area (Å²) in [5.41, 5.74) is 1.88. The highest BCUT2D eigenvalue weighted by Crippen LogP contribution is 2.44. The van der Waals surface area contributed by atoms with Gasteiger partial charge in [0.15, 0.2) is 0 Å². The first-order valence-electron chi connectivity index (χ1n) is 8.28. The second-order valence-electron chi connectivity index (χ2n) is 6.63. The van der Waals surface area contributed by atoms with Crippen LogP contribution in [0.2, 0.25) is 0 Å². The van der Waals surface area contributed by atoms with Crippen LogP contribution < -0.4 is 5.32 Å². The van der Waals surface area contributed by atoms with Crippen molar-refractivity contribution < 1.29 is 4.79 Å². The molecular weight excluding hydrogens is 288 g/mol. The maximum Gasteiger partial charge on any atom is 0.235 e. The van der Waals surface area contributed by atoms with E-state index in [2.05, 4.69) is 25.8 Å². The fourth-order valence-electron chi connectivity index (χ4n) is 3.92. The maximum absolute atomic E-state index is 12.6. The first-order valence-corrected chi connectivity index (χ1v) is 8.28. The highest BCUT2D eigenvalue weighted by atomic mass is 16.2. The number of rotatable bonds is 3. The molecule has 0 unspecified atom stereocenters. The molecule has 0 radical (unpaired) electrons. The number of likely N-dealkylation sites (tertiary alicyclic amines) is 1. The number of piperidine rings is 1. The van der Waals surface area contributed by atoms with Crippen LogP contribution in [0.1, 0.15) is 24.2 Å². The SMILES string of the molecule is Cn1ccnc1CCN1CCC2(CC1)C(=O)Nc1ccccc12. The Balaban J connectivity index is 1.43. The van der Waals surface area contributed by atoms with Crippen molar-refractivity contribution in [3.05, 3.63) is 48.0 Å². The summed E-state index contributed by atoms with van der Waals surface area (Å²) in [7, 11) is 2.04. The van der Waals surface area contributed by atoms with Crippen molar-refractivity contribution in [1.29, 1.82) is 0 Å². The molecule has 3 heterocycles. The minimum absolute atomic E-state index is 0.183. The van der Waals surface area contributed by atoms with Crippen LogP contribution in [0.25, 0.3) is 0 Å². The standard InChI is InChI=1S/C18H22N4O/c1-21-13-9-19-16(21)6-10-22-11-7-18(8-12-22)14-4-2-3-5-15(14)20-17(18)23/h2-5,9,13H,6-8,10-12H2,1H3,(H,20,23). The van der Waals surface area contributed by atoms with E-state index in [9.17, 15) is 4.79 Å². The topological polar surface area (TPSA) is 50.2 Å². The number of anilines is 1. The van der Waals surface area contributed by atoms with Gasteiger partial charge in [-0.25, -0.2) is 4.98 Å². The number of aromatic nitrogens is 2. The molecule has 0 aliphatic carbocycles. The smallest absolute Gasteiger partial charge is 0.235 e. The summed E-state index contributed by atoms with van der Waals surface area (Å²) < 4.78 is 2.08. The van der Waals surface area contributed by atoms with Crippen LogP contribution >= 0.6 is 0 Å². The molecule has 1 aromatic carbocycles. The molecule has 0 atom stereocenters. The van der Waals surface area contributed by atoms with Crippen LogP contribution in [0.4, 0.5) is 5.69 Å². The van der Waals surface area contributed by atoms with Crippen molar-refractivity contribution in [2.45, 2.75) is 24.7 Å². The van der Waals surface area contributed by atoms with E-state index in [0.29, 0.717) is 0 Å². The number of carbonyl (C=O) groups excluding carboxylic acids is 1. The molecule has 1 spiro atoms. The van der Waals surface area contributed by atoms with Crippen molar-refractivity contribution in [3.8, 4) is 0 Å². The van der Waals surface area contributed by atoms with Crippen LogP contribution in [0.3, 0.4) is 0 Å². The fourth-order valence-corrected chi connectivity index (χ4v) is 3.92. The lowest BCUT2D eigenvalue weighted by molar-refractivity contribution is -0.122. The summed E-state index contributed by atoms with van der Waals surface area (Å²) in [5.74, 6) is 1.30. The number of imidazole rings is 1. The molecule has 1 fully saturated rings. The molecule has 2 aromatic rings. The van der Waals surface area contributed by atoms with E-state index in [4.69, 9.17) is 0 Å². The second kappa shape index (κ2) is 5.49. The Morgan fingerprint density at radius 3 is 2.78 bits per heavy atom. The predicted octanol–water partition coefficient (Wildman–Crippen LogP) is 1.95. The molecule has 1 N–H and O–H groups in total. The Labute approximate surface area is 136 Å². The number of aryl methyl sites for hydroxylation is 1. The van der Waals surface area contributed by atoms with Gasteiger partial charge in [-0.15, -0.1) is 0 Å². The Morgan fingerprint density at radius 2 is 2.04 bits per heavy atom. The van der Waals surface area contributed by atoms with Crippen molar-refractivity contribution in [1.82, 2.24) is 14.5 Å². The predicted molar refractivity (Wildman–Crippen MR) is 89.3 cm³/mol. The van der Waals surface area contributed by atoms with Gasteiger partial charge in [-0.05, 0) is 37.6 Å². The van der Waals surface area contributed by atoms with Crippen molar-refractivity contribution in [3.63, 3.8) is 0 Å². The van der Waals surface area contributed by atoms with Gasteiger partial charge < -0.3 is 14.8 Å². The van der Waals surface area contributed by atoms with E-state index in [1.807, 2.05) is 37.6 Å². The molecule has 1 saturated heterocycles. The minimum Gasteiger partial charge on any atom is -0.338 e. The van der Waals surface area contributed by atoms with E-state index in [1.54, 1.807) is 0 Å². The summed E-state index contributed by atoms with van der Waals surface area (Å²) in [6.07, 6.45) is 6.59. The summed E-state index contributed by atoms with van der Waals surface area (Å²) in [6, 6.07) is 8.14. The number of para-hydroxylation sites is 1. The summed E-state index contributed by atoms with van der Waals surface area (Å²) >= 11 is 0. The maximum atomic E-state index is 12.6. The monoisotopic (exact) mass is 310 g/mol. The van der Waals surface area contributed by atoms with Crippen molar-refractivity contribution in [2.75, 3.05) is 25.0 Å². The molecule has 5 heteroatoms. The van der Waals surface area contributed by atoms with E-state index in [-0.39, 0.29) is 11.3 Å². The third-order valence-corrected chi connectivity index (χ3v) is 5.41. The van der Waals surface area contributed by atoms with Gasteiger partial charge >= 0.3 is 0 Å². The molecule has 4 rings (SSSR count). The lowest BCUT2D eigenvalue weighted by atomic mass is 9.73. The van der Waals surface area contributed by atoms with Crippen LogP contribution in [-0.4, -0.2) is 40.0 Å². The number of amides is 1. The fraction of sp³-hybridized carbons (Fsp3) is 0.444. The number of nitrogens with zero attached hydrogens (tertiary/aromatic N) is 3. The Hall–Kier alpha value is -2.14. The average Bonchev–Trinajstić information content (AvgIpc) is 3.10. The van der Waals surface area contributed by atoms with Crippen LogP contribution in [-0.2, 0) is 23.7 Å². The Kier molecular flexibility index (Phi) is 3.45. The average molecular weight is 310 g/mol. The van der Waals surface area contributed by atoms with Gasteiger partial charge in [0.25, 0.3) is 0 Å². The highest BCUT2D eigenvalue weighted by molar-refractivity contribution is 6.06. The first kappa shape index (κ1) is 14.5. The van der Waals surface area contributed by atoms with Crippen LogP contribution in [0.5, 0.6) is 0 Å². The van der Waals surface area contributed by atoms with Gasteiger partial charge in [0, 0.05) is 38.1 Å². The second-order valence-corrected chi connectivity index (χ2v) is 6.63. The largest absolute Gasteiger partial charge is 0.338 e. The van der Waals surface area contributed by atoms with Gasteiger partial charge in [0.1, 0.15) is 5.82 Å². The third-order valence-electron chi connectivity index (χ3n) is 5.41. The summed E-state index contributed by atoms with van der Waals surface area (Å²) in [5, 5.41) is 3.06. The van der Waals surface area contributed by atoms with Crippen LogP contribution in [0.15, 0.2) is 36.7 Å². The molecule has 0 bridgehead atoms. The number of nitrogens with one attached hydrogen (secondary N) is 1. The quantitative estimate of drug-likeness (QED) is 0.943. The number of benzene rings is 1. The van der Waals surface area contributed by atoms with Gasteiger partial charge in [0.05, 0.1) is 5.41 Å². The molecular formula is C18H22N4O. The molecule has 0 saturated carbocycles. The lowest BCUT2D eigenvalue weighted by Gasteiger charge is -2.38. The Morgan fingerprint density at radius 1 is 1.26 bits per heavy atom. The molecule has 2 aliphatic rings. The summed E-state index contributed by atoms with van der Waals surface area (Å²) in [4.78, 5) is 19.4. The van der Waals surface area contributed by atoms with E-state index in [1.165, 1.54) is 5.56 Å².